The Morgan fingerprint density at radius 2 is 1.86 bits per heavy atom. The van der Waals surface area contributed by atoms with Crippen LogP contribution in [-0.2, 0) is 14.3 Å². The molecule has 1 saturated carbocycles. The van der Waals surface area contributed by atoms with Crippen molar-refractivity contribution in [3.05, 3.63) is 0 Å². The van der Waals surface area contributed by atoms with E-state index in [1.807, 2.05) is 0 Å². The van der Waals surface area contributed by atoms with E-state index < -0.39 is 31.1 Å². The van der Waals surface area contributed by atoms with E-state index in [1.165, 1.54) is 6.42 Å². The SMILES string of the molecule is CC(C)C1CCCCC1NC(=O)NC(=O)COCC(=O)O. The number of carboxylic acid groups (broad SMARTS) is 1. The molecule has 0 bridgehead atoms. The van der Waals surface area contributed by atoms with Crippen molar-refractivity contribution in [1.29, 1.82) is 0 Å². The zero-order chi connectivity index (χ0) is 15.8. The van der Waals surface area contributed by atoms with Crippen LogP contribution in [0.5, 0.6) is 0 Å². The summed E-state index contributed by atoms with van der Waals surface area (Å²) in [6, 6.07) is -0.469. The van der Waals surface area contributed by atoms with E-state index in [9.17, 15) is 14.4 Å². The predicted octanol–water partition coefficient (Wildman–Crippen LogP) is 1.13. The molecule has 0 heterocycles. The zero-order valence-corrected chi connectivity index (χ0v) is 12.6. The van der Waals surface area contributed by atoms with E-state index in [4.69, 9.17) is 5.11 Å². The van der Waals surface area contributed by atoms with Crippen LogP contribution in [0.25, 0.3) is 0 Å². The minimum atomic E-state index is -1.16. The molecule has 0 spiro atoms. The van der Waals surface area contributed by atoms with Gasteiger partial charge in [-0.3, -0.25) is 10.1 Å². The van der Waals surface area contributed by atoms with Crippen LogP contribution in [0.3, 0.4) is 0 Å². The van der Waals surface area contributed by atoms with E-state index in [2.05, 4.69) is 29.2 Å². The van der Waals surface area contributed by atoms with Gasteiger partial charge < -0.3 is 15.2 Å². The smallest absolute Gasteiger partial charge is 0.329 e. The van der Waals surface area contributed by atoms with Gasteiger partial charge in [-0.25, -0.2) is 9.59 Å². The third kappa shape index (κ3) is 6.57. The molecule has 3 amide bonds. The average molecular weight is 300 g/mol. The molecule has 2 atom stereocenters. The number of hydrogen-bond donors (Lipinski definition) is 3. The summed E-state index contributed by atoms with van der Waals surface area (Å²) in [5, 5.41) is 13.4. The van der Waals surface area contributed by atoms with Crippen LogP contribution in [0.2, 0.25) is 0 Å². The summed E-state index contributed by atoms with van der Waals surface area (Å²) >= 11 is 0. The maximum atomic E-state index is 11.8. The third-order valence-electron chi connectivity index (χ3n) is 3.70. The molecule has 0 aromatic carbocycles. The Kier molecular flexibility index (Phi) is 7.14. The van der Waals surface area contributed by atoms with Gasteiger partial charge >= 0.3 is 12.0 Å². The minimum absolute atomic E-state index is 0.0755. The summed E-state index contributed by atoms with van der Waals surface area (Å²) in [5.74, 6) is -0.909. The number of nitrogens with one attached hydrogen (secondary N) is 2. The molecule has 1 fully saturated rings. The first-order valence-corrected chi connectivity index (χ1v) is 7.30. The van der Waals surface area contributed by atoms with Gasteiger partial charge in [0.2, 0.25) is 0 Å². The van der Waals surface area contributed by atoms with Gasteiger partial charge in [-0.1, -0.05) is 26.7 Å². The van der Waals surface area contributed by atoms with Crippen molar-refractivity contribution in [2.75, 3.05) is 13.2 Å². The molecular weight excluding hydrogens is 276 g/mol. The normalized spacial score (nSPS) is 21.9. The molecule has 2 unspecified atom stereocenters. The van der Waals surface area contributed by atoms with Gasteiger partial charge in [0, 0.05) is 6.04 Å². The topological polar surface area (TPSA) is 105 Å². The predicted molar refractivity (Wildman–Crippen MR) is 75.7 cm³/mol. The fourth-order valence-corrected chi connectivity index (χ4v) is 2.73. The van der Waals surface area contributed by atoms with Gasteiger partial charge in [0.25, 0.3) is 5.91 Å². The lowest BCUT2D eigenvalue weighted by Crippen LogP contribution is -2.50. The lowest BCUT2D eigenvalue weighted by molar-refractivity contribution is -0.143. The van der Waals surface area contributed by atoms with Crippen molar-refractivity contribution < 1.29 is 24.2 Å². The molecule has 1 rings (SSSR count). The van der Waals surface area contributed by atoms with Crippen molar-refractivity contribution >= 4 is 17.9 Å². The number of urea groups is 1. The van der Waals surface area contributed by atoms with Gasteiger partial charge in [0.05, 0.1) is 0 Å². The van der Waals surface area contributed by atoms with Crippen molar-refractivity contribution in [1.82, 2.24) is 10.6 Å². The van der Waals surface area contributed by atoms with E-state index in [0.717, 1.165) is 19.3 Å². The number of imide groups is 1. The summed E-state index contributed by atoms with van der Waals surface area (Å²) in [5.41, 5.74) is 0. The van der Waals surface area contributed by atoms with Crippen molar-refractivity contribution in [3.63, 3.8) is 0 Å². The molecule has 1 aliphatic carbocycles. The monoisotopic (exact) mass is 300 g/mol. The Labute approximate surface area is 124 Å². The standard InChI is InChI=1S/C14H24N2O5/c1-9(2)10-5-3-4-6-11(10)15-14(20)16-12(17)7-21-8-13(18)19/h9-11H,3-8H2,1-2H3,(H,18,19)(H2,15,16,17,20). The summed E-state index contributed by atoms with van der Waals surface area (Å²) in [6.07, 6.45) is 4.24. The molecule has 1 aliphatic rings. The van der Waals surface area contributed by atoms with Gasteiger partial charge in [-0.15, -0.1) is 0 Å². The molecule has 3 N–H and O–H groups in total. The fourth-order valence-electron chi connectivity index (χ4n) is 2.73. The summed E-state index contributed by atoms with van der Waals surface area (Å²) in [4.78, 5) is 33.4. The van der Waals surface area contributed by atoms with Crippen LogP contribution in [0, 0.1) is 11.8 Å². The number of hydrogen-bond acceptors (Lipinski definition) is 4. The number of aliphatic carboxylic acids is 1. The first kappa shape index (κ1) is 17.4. The molecule has 120 valence electrons. The van der Waals surface area contributed by atoms with Crippen molar-refractivity contribution in [2.45, 2.75) is 45.6 Å². The highest BCUT2D eigenvalue weighted by Crippen LogP contribution is 2.30. The van der Waals surface area contributed by atoms with Crippen LogP contribution in [0.1, 0.15) is 39.5 Å². The Morgan fingerprint density at radius 3 is 2.48 bits per heavy atom. The van der Waals surface area contributed by atoms with Gasteiger partial charge in [-0.05, 0) is 24.7 Å². The Bertz CT molecular complexity index is 384. The van der Waals surface area contributed by atoms with E-state index in [1.54, 1.807) is 0 Å². The second-order valence-corrected chi connectivity index (χ2v) is 5.71. The fraction of sp³-hybridized carbons (Fsp3) is 0.786. The van der Waals surface area contributed by atoms with Crippen LogP contribution in [0.4, 0.5) is 4.79 Å². The van der Waals surface area contributed by atoms with E-state index in [0.29, 0.717) is 11.8 Å². The molecule has 0 aliphatic heterocycles. The molecule has 0 radical (unpaired) electrons. The first-order chi connectivity index (χ1) is 9.90. The molecule has 0 aromatic heterocycles. The highest BCUT2D eigenvalue weighted by molar-refractivity contribution is 5.95. The second-order valence-electron chi connectivity index (χ2n) is 5.71. The minimum Gasteiger partial charge on any atom is -0.480 e. The number of rotatable bonds is 6. The number of ether oxygens (including phenoxy) is 1. The van der Waals surface area contributed by atoms with Crippen molar-refractivity contribution in [3.8, 4) is 0 Å². The van der Waals surface area contributed by atoms with E-state index in [-0.39, 0.29) is 6.04 Å². The first-order valence-electron chi connectivity index (χ1n) is 7.30. The lowest BCUT2D eigenvalue weighted by Gasteiger charge is -2.34. The number of carboxylic acids is 1. The molecule has 21 heavy (non-hydrogen) atoms. The number of carbonyl (C=O) groups excluding carboxylic acids is 2. The molecule has 7 nitrogen and oxygen atoms in total. The summed E-state index contributed by atoms with van der Waals surface area (Å²) < 4.78 is 4.62. The lowest BCUT2D eigenvalue weighted by atomic mass is 9.78. The second kappa shape index (κ2) is 8.61. The molecule has 0 saturated heterocycles. The Balaban J connectivity index is 2.34. The Hall–Kier alpha value is -1.63. The summed E-state index contributed by atoms with van der Waals surface area (Å²) in [7, 11) is 0. The third-order valence-corrected chi connectivity index (χ3v) is 3.70. The quantitative estimate of drug-likeness (QED) is 0.682. The van der Waals surface area contributed by atoms with Crippen LogP contribution < -0.4 is 10.6 Å². The molecular formula is C14H24N2O5. The van der Waals surface area contributed by atoms with Gasteiger partial charge in [0.1, 0.15) is 13.2 Å². The molecule has 7 heteroatoms. The Morgan fingerprint density at radius 1 is 1.19 bits per heavy atom. The van der Waals surface area contributed by atoms with Gasteiger partial charge in [-0.2, -0.15) is 0 Å². The number of amides is 3. The average Bonchev–Trinajstić information content (AvgIpc) is 2.38. The largest absolute Gasteiger partial charge is 0.480 e. The number of carbonyl (C=O) groups is 3. The van der Waals surface area contributed by atoms with Crippen LogP contribution in [-0.4, -0.2) is 42.3 Å². The summed E-state index contributed by atoms with van der Waals surface area (Å²) in [6.45, 7) is 3.26. The maximum Gasteiger partial charge on any atom is 0.329 e. The van der Waals surface area contributed by atoms with Gasteiger partial charge in [0.15, 0.2) is 0 Å². The molecule has 0 aromatic rings. The highest BCUT2D eigenvalue weighted by Gasteiger charge is 2.28. The van der Waals surface area contributed by atoms with E-state index >= 15 is 0 Å². The van der Waals surface area contributed by atoms with Crippen LogP contribution in [0.15, 0.2) is 0 Å². The van der Waals surface area contributed by atoms with Crippen molar-refractivity contribution in [2.24, 2.45) is 11.8 Å². The zero-order valence-electron chi connectivity index (χ0n) is 12.6. The maximum absolute atomic E-state index is 11.8. The van der Waals surface area contributed by atoms with Crippen LogP contribution >= 0.6 is 0 Å². The highest BCUT2D eigenvalue weighted by atomic mass is 16.5.